The van der Waals surface area contributed by atoms with Gasteiger partial charge in [-0.1, -0.05) is 65.7 Å². The van der Waals surface area contributed by atoms with Crippen molar-refractivity contribution >= 4 is 28.5 Å². The molecule has 0 fully saturated rings. The fraction of sp³-hybridized carbons (Fsp3) is 0.200. The topological polar surface area (TPSA) is 46.9 Å². The minimum atomic E-state index is -0.145. The summed E-state index contributed by atoms with van der Waals surface area (Å²) < 4.78 is 2.27. The van der Waals surface area contributed by atoms with Gasteiger partial charge in [-0.2, -0.15) is 0 Å². The molecule has 4 rings (SSSR count). The molecular formula is C25H24ClN3O. The van der Waals surface area contributed by atoms with Crippen molar-refractivity contribution in [3.63, 3.8) is 0 Å². The highest BCUT2D eigenvalue weighted by Gasteiger charge is 2.12. The Morgan fingerprint density at radius 3 is 2.53 bits per heavy atom. The Hall–Kier alpha value is -3.11. The van der Waals surface area contributed by atoms with E-state index in [9.17, 15) is 4.79 Å². The van der Waals surface area contributed by atoms with Crippen molar-refractivity contribution in [1.29, 1.82) is 0 Å². The molecule has 0 unspecified atom stereocenters. The summed E-state index contributed by atoms with van der Waals surface area (Å²) in [6.07, 6.45) is 1.58. The van der Waals surface area contributed by atoms with Crippen LogP contribution >= 0.6 is 11.6 Å². The molecule has 0 aliphatic rings. The van der Waals surface area contributed by atoms with Crippen molar-refractivity contribution in [2.75, 3.05) is 6.54 Å². The van der Waals surface area contributed by atoms with Gasteiger partial charge in [-0.15, -0.1) is 0 Å². The molecule has 0 saturated carbocycles. The number of fused-ring (bicyclic) bond motifs is 1. The van der Waals surface area contributed by atoms with Crippen molar-refractivity contribution < 1.29 is 4.79 Å². The summed E-state index contributed by atoms with van der Waals surface area (Å²) in [5, 5.41) is 3.43. The third kappa shape index (κ3) is 4.55. The number of amides is 1. The number of halogens is 1. The number of nitrogens with one attached hydrogen (secondary N) is 1. The monoisotopic (exact) mass is 417 g/mol. The number of nitrogens with zero attached hydrogens (tertiary/aromatic N) is 2. The molecule has 4 aromatic rings. The zero-order valence-electron chi connectivity index (χ0n) is 16.9. The highest BCUT2D eigenvalue weighted by molar-refractivity contribution is 6.33. The van der Waals surface area contributed by atoms with E-state index in [1.54, 1.807) is 12.1 Å². The SMILES string of the molecule is Cc1ccc(Cn2c(CCCNC(=O)c3ccccc3Cl)nc3ccccc32)cc1. The van der Waals surface area contributed by atoms with E-state index in [1.807, 2.05) is 30.3 Å². The molecule has 0 spiro atoms. The lowest BCUT2D eigenvalue weighted by Gasteiger charge is -2.11. The number of aryl methyl sites for hydroxylation is 2. The Kier molecular flexibility index (Phi) is 6.15. The number of carbonyl (C=O) groups is 1. The van der Waals surface area contributed by atoms with Gasteiger partial charge in [0.1, 0.15) is 5.82 Å². The predicted molar refractivity (Wildman–Crippen MR) is 122 cm³/mol. The van der Waals surface area contributed by atoms with Gasteiger partial charge in [0.15, 0.2) is 0 Å². The summed E-state index contributed by atoms with van der Waals surface area (Å²) in [5.74, 6) is 0.887. The summed E-state index contributed by atoms with van der Waals surface area (Å²) >= 11 is 6.11. The average Bonchev–Trinajstić information content (AvgIpc) is 3.10. The van der Waals surface area contributed by atoms with Crippen LogP contribution in [0.4, 0.5) is 0 Å². The van der Waals surface area contributed by atoms with E-state index in [0.29, 0.717) is 17.1 Å². The van der Waals surface area contributed by atoms with Crippen LogP contribution < -0.4 is 5.32 Å². The van der Waals surface area contributed by atoms with Crippen LogP contribution in [0.3, 0.4) is 0 Å². The quantitative estimate of drug-likeness (QED) is 0.409. The van der Waals surface area contributed by atoms with Crippen LogP contribution in [0, 0.1) is 6.92 Å². The second-order valence-electron chi connectivity index (χ2n) is 7.43. The molecule has 0 radical (unpaired) electrons. The molecule has 0 bridgehead atoms. The van der Waals surface area contributed by atoms with Gasteiger partial charge in [0.05, 0.1) is 21.6 Å². The Balaban J connectivity index is 1.45. The predicted octanol–water partition coefficient (Wildman–Crippen LogP) is 5.41. The van der Waals surface area contributed by atoms with E-state index in [4.69, 9.17) is 16.6 Å². The molecule has 1 amide bonds. The third-order valence-electron chi connectivity index (χ3n) is 5.18. The van der Waals surface area contributed by atoms with Crippen molar-refractivity contribution in [2.24, 2.45) is 0 Å². The third-order valence-corrected chi connectivity index (χ3v) is 5.51. The van der Waals surface area contributed by atoms with Gasteiger partial charge in [-0.25, -0.2) is 4.98 Å². The van der Waals surface area contributed by atoms with Gasteiger partial charge in [-0.3, -0.25) is 4.79 Å². The number of imidazole rings is 1. The van der Waals surface area contributed by atoms with Crippen molar-refractivity contribution in [3.05, 3.63) is 100 Å². The van der Waals surface area contributed by atoms with Crippen LogP contribution in [0.25, 0.3) is 11.0 Å². The minimum Gasteiger partial charge on any atom is -0.352 e. The first-order valence-electron chi connectivity index (χ1n) is 10.1. The van der Waals surface area contributed by atoms with Crippen LogP contribution in [0.1, 0.15) is 33.7 Å². The first kappa shape index (κ1) is 20.2. The van der Waals surface area contributed by atoms with E-state index in [-0.39, 0.29) is 5.91 Å². The molecule has 0 aliphatic heterocycles. The number of benzene rings is 3. The molecule has 0 saturated heterocycles. The maximum atomic E-state index is 12.3. The van der Waals surface area contributed by atoms with Crippen LogP contribution in [0.15, 0.2) is 72.8 Å². The highest BCUT2D eigenvalue weighted by Crippen LogP contribution is 2.19. The summed E-state index contributed by atoms with van der Waals surface area (Å²) in [5.41, 5.74) is 5.14. The number of hydrogen-bond donors (Lipinski definition) is 1. The Bertz CT molecular complexity index is 1160. The molecule has 5 heteroatoms. The van der Waals surface area contributed by atoms with Crippen molar-refractivity contribution in [2.45, 2.75) is 26.3 Å². The van der Waals surface area contributed by atoms with Gasteiger partial charge < -0.3 is 9.88 Å². The van der Waals surface area contributed by atoms with E-state index < -0.39 is 0 Å². The zero-order valence-corrected chi connectivity index (χ0v) is 17.7. The largest absolute Gasteiger partial charge is 0.352 e. The van der Waals surface area contributed by atoms with Crippen molar-refractivity contribution in [3.8, 4) is 0 Å². The van der Waals surface area contributed by atoms with Crippen LogP contribution in [-0.4, -0.2) is 22.0 Å². The normalized spacial score (nSPS) is 11.0. The Morgan fingerprint density at radius 2 is 1.73 bits per heavy atom. The smallest absolute Gasteiger partial charge is 0.252 e. The van der Waals surface area contributed by atoms with E-state index in [0.717, 1.165) is 36.2 Å². The van der Waals surface area contributed by atoms with E-state index in [1.165, 1.54) is 11.1 Å². The van der Waals surface area contributed by atoms with Gasteiger partial charge in [0, 0.05) is 19.5 Å². The van der Waals surface area contributed by atoms with Gasteiger partial charge >= 0.3 is 0 Å². The van der Waals surface area contributed by atoms with Gasteiger partial charge in [0.2, 0.25) is 0 Å². The molecular weight excluding hydrogens is 394 g/mol. The van der Waals surface area contributed by atoms with Gasteiger partial charge in [0.25, 0.3) is 5.91 Å². The maximum Gasteiger partial charge on any atom is 0.252 e. The van der Waals surface area contributed by atoms with Crippen LogP contribution in [0.2, 0.25) is 5.02 Å². The zero-order chi connectivity index (χ0) is 20.9. The number of para-hydroxylation sites is 2. The van der Waals surface area contributed by atoms with Crippen LogP contribution in [-0.2, 0) is 13.0 Å². The Morgan fingerprint density at radius 1 is 1.00 bits per heavy atom. The number of rotatable bonds is 7. The molecule has 152 valence electrons. The lowest BCUT2D eigenvalue weighted by atomic mass is 10.1. The highest BCUT2D eigenvalue weighted by atomic mass is 35.5. The first-order valence-corrected chi connectivity index (χ1v) is 10.5. The van der Waals surface area contributed by atoms with E-state index >= 15 is 0 Å². The molecule has 0 aliphatic carbocycles. The molecule has 1 aromatic heterocycles. The maximum absolute atomic E-state index is 12.3. The van der Waals surface area contributed by atoms with E-state index in [2.05, 4.69) is 47.1 Å². The molecule has 1 heterocycles. The second kappa shape index (κ2) is 9.14. The number of hydrogen-bond acceptors (Lipinski definition) is 2. The fourth-order valence-corrected chi connectivity index (χ4v) is 3.78. The average molecular weight is 418 g/mol. The molecule has 1 N–H and O–H groups in total. The van der Waals surface area contributed by atoms with Crippen LogP contribution in [0.5, 0.6) is 0 Å². The summed E-state index contributed by atoms with van der Waals surface area (Å²) in [4.78, 5) is 17.2. The number of carbonyl (C=O) groups excluding carboxylic acids is 1. The molecule has 30 heavy (non-hydrogen) atoms. The molecule has 4 nitrogen and oxygen atoms in total. The Labute approximate surface area is 181 Å². The molecule has 0 atom stereocenters. The second-order valence-corrected chi connectivity index (χ2v) is 7.83. The number of aromatic nitrogens is 2. The van der Waals surface area contributed by atoms with Gasteiger partial charge in [-0.05, 0) is 43.2 Å². The standard InChI is InChI=1S/C25H24ClN3O/c1-18-12-14-19(15-13-18)17-29-23-10-5-4-9-22(23)28-24(29)11-6-16-27-25(30)20-7-2-3-8-21(20)26/h2-5,7-10,12-15H,6,11,16-17H2,1H3,(H,27,30). The molecule has 3 aromatic carbocycles. The summed E-state index contributed by atoms with van der Waals surface area (Å²) in [6.45, 7) is 3.44. The minimum absolute atomic E-state index is 0.145. The first-order chi connectivity index (χ1) is 14.6. The summed E-state index contributed by atoms with van der Waals surface area (Å²) in [6, 6.07) is 23.9. The lowest BCUT2D eigenvalue weighted by Crippen LogP contribution is -2.25. The summed E-state index contributed by atoms with van der Waals surface area (Å²) in [7, 11) is 0. The van der Waals surface area contributed by atoms with Crippen molar-refractivity contribution in [1.82, 2.24) is 14.9 Å². The lowest BCUT2D eigenvalue weighted by molar-refractivity contribution is 0.0953. The fourth-order valence-electron chi connectivity index (χ4n) is 3.56.